The summed E-state index contributed by atoms with van der Waals surface area (Å²) in [5.41, 5.74) is -1.57. The molecule has 0 aromatic carbocycles. The quantitative estimate of drug-likeness (QED) is 0.561. The molecule has 0 radical (unpaired) electrons. The van der Waals surface area contributed by atoms with Crippen molar-refractivity contribution in [3.8, 4) is 0 Å². The van der Waals surface area contributed by atoms with Gasteiger partial charge in [-0.25, -0.2) is 0 Å². The van der Waals surface area contributed by atoms with Crippen LogP contribution in [0, 0.1) is 34.5 Å². The summed E-state index contributed by atoms with van der Waals surface area (Å²) in [6.07, 6.45) is 6.88. The second-order valence-corrected chi connectivity index (χ2v) is 11.4. The van der Waals surface area contributed by atoms with Crippen LogP contribution in [0.2, 0.25) is 0 Å². The van der Waals surface area contributed by atoms with Crippen molar-refractivity contribution in [3.63, 3.8) is 0 Å². The summed E-state index contributed by atoms with van der Waals surface area (Å²) in [6.45, 7) is 9.71. The van der Waals surface area contributed by atoms with E-state index in [4.69, 9.17) is 9.47 Å². The van der Waals surface area contributed by atoms with Gasteiger partial charge in [0.1, 0.15) is 17.3 Å². The Labute approximate surface area is 173 Å². The van der Waals surface area contributed by atoms with Gasteiger partial charge in [0.25, 0.3) is 0 Å². The van der Waals surface area contributed by atoms with E-state index in [9.17, 15) is 14.7 Å². The van der Waals surface area contributed by atoms with Crippen molar-refractivity contribution in [2.45, 2.75) is 103 Å². The van der Waals surface area contributed by atoms with Crippen LogP contribution < -0.4 is 0 Å². The molecular weight excluding hydrogens is 368 g/mol. The molecule has 29 heavy (non-hydrogen) atoms. The van der Waals surface area contributed by atoms with E-state index in [0.717, 1.165) is 44.9 Å². The number of ketones is 1. The highest BCUT2D eigenvalue weighted by Gasteiger charge is 2.78. The number of aliphatic hydroxyl groups is 1. The first-order valence-electron chi connectivity index (χ1n) is 11.6. The normalized spacial score (nSPS) is 57.7. The zero-order chi connectivity index (χ0) is 21.0. The highest BCUT2D eigenvalue weighted by molar-refractivity contribution is 5.86. The van der Waals surface area contributed by atoms with Crippen molar-refractivity contribution in [1.29, 1.82) is 0 Å². The third-order valence-electron chi connectivity index (χ3n) is 10.5. The number of esters is 1. The summed E-state index contributed by atoms with van der Waals surface area (Å²) in [4.78, 5) is 24.1. The predicted molar refractivity (Wildman–Crippen MR) is 107 cm³/mol. The number of rotatable bonds is 2. The largest absolute Gasteiger partial charge is 0.462 e. The Morgan fingerprint density at radius 1 is 1.03 bits per heavy atom. The lowest BCUT2D eigenvalue weighted by Gasteiger charge is -2.60. The molecular formula is C24H36O5. The fourth-order valence-corrected chi connectivity index (χ4v) is 9.07. The average Bonchev–Trinajstić information content (AvgIpc) is 3.29. The molecule has 4 aliphatic carbocycles. The number of epoxide rings is 1. The van der Waals surface area contributed by atoms with Gasteiger partial charge in [-0.1, -0.05) is 20.8 Å². The molecule has 5 rings (SSSR count). The second-order valence-electron chi connectivity index (χ2n) is 11.4. The SMILES string of the molecule is CC(=O)O[C@@H]1CC[C@]2(C)[C@@H]3CC[C@]4(C)[C@H](C[C@@H](C)[C@]4(O)C(C)=O)[C@@H]3C[C@@H]3O[C@@]32C1. The zero-order valence-electron chi connectivity index (χ0n) is 18.5. The molecule has 1 aliphatic heterocycles. The molecule has 0 amide bonds. The van der Waals surface area contributed by atoms with Crippen molar-refractivity contribution in [2.75, 3.05) is 0 Å². The summed E-state index contributed by atoms with van der Waals surface area (Å²) in [6, 6.07) is 0. The van der Waals surface area contributed by atoms with Gasteiger partial charge in [-0.15, -0.1) is 0 Å². The molecule has 5 nitrogen and oxygen atoms in total. The van der Waals surface area contributed by atoms with E-state index in [2.05, 4.69) is 20.8 Å². The van der Waals surface area contributed by atoms with Crippen LogP contribution >= 0.6 is 0 Å². The Bertz CT molecular complexity index is 764. The summed E-state index contributed by atoms with van der Waals surface area (Å²) in [5.74, 6) is 1.18. The Hall–Kier alpha value is -0.940. The lowest BCUT2D eigenvalue weighted by Crippen LogP contribution is -2.61. The van der Waals surface area contributed by atoms with Crippen LogP contribution in [-0.4, -0.2) is 40.3 Å². The second kappa shape index (κ2) is 5.85. The number of carbonyl (C=O) groups is 2. The molecule has 162 valence electrons. The number of Topliss-reactive ketones (excluding diaryl/α,β-unsaturated/α-hetero) is 1. The molecule has 1 N–H and O–H groups in total. The molecule has 1 spiro atoms. The lowest BCUT2D eigenvalue weighted by molar-refractivity contribution is -0.174. The van der Waals surface area contributed by atoms with Gasteiger partial charge < -0.3 is 14.6 Å². The van der Waals surface area contributed by atoms with E-state index < -0.39 is 5.60 Å². The fraction of sp³-hybridized carbons (Fsp3) is 0.917. The zero-order valence-corrected chi connectivity index (χ0v) is 18.5. The summed E-state index contributed by atoms with van der Waals surface area (Å²) >= 11 is 0. The molecule has 0 aromatic rings. The molecule has 1 heterocycles. The Morgan fingerprint density at radius 2 is 1.72 bits per heavy atom. The topological polar surface area (TPSA) is 76.1 Å². The number of hydrogen-bond acceptors (Lipinski definition) is 5. The summed E-state index contributed by atoms with van der Waals surface area (Å²) in [5, 5.41) is 11.5. The van der Waals surface area contributed by atoms with Gasteiger partial charge in [0.15, 0.2) is 5.78 Å². The highest BCUT2D eigenvalue weighted by Crippen LogP contribution is 2.75. The van der Waals surface area contributed by atoms with Crippen LogP contribution in [0.3, 0.4) is 0 Å². The van der Waals surface area contributed by atoms with Gasteiger partial charge in [0.2, 0.25) is 0 Å². The summed E-state index contributed by atoms with van der Waals surface area (Å²) in [7, 11) is 0. The van der Waals surface area contributed by atoms with Crippen LogP contribution in [0.4, 0.5) is 0 Å². The maximum Gasteiger partial charge on any atom is 0.302 e. The van der Waals surface area contributed by atoms with Gasteiger partial charge in [-0.05, 0) is 69.1 Å². The third-order valence-corrected chi connectivity index (χ3v) is 10.5. The van der Waals surface area contributed by atoms with Crippen molar-refractivity contribution in [3.05, 3.63) is 0 Å². The van der Waals surface area contributed by atoms with Crippen LogP contribution in [-0.2, 0) is 19.1 Å². The van der Waals surface area contributed by atoms with Crippen LogP contribution in [0.1, 0.15) is 79.6 Å². The van der Waals surface area contributed by atoms with Gasteiger partial charge in [0.05, 0.1) is 6.10 Å². The molecule has 10 atom stereocenters. The smallest absolute Gasteiger partial charge is 0.302 e. The van der Waals surface area contributed by atoms with Gasteiger partial charge in [0, 0.05) is 24.2 Å². The maximum atomic E-state index is 12.6. The summed E-state index contributed by atoms with van der Waals surface area (Å²) < 4.78 is 12.0. The predicted octanol–water partition coefficient (Wildman–Crippen LogP) is 3.66. The Kier molecular flexibility index (Phi) is 4.03. The van der Waals surface area contributed by atoms with Crippen LogP contribution in [0.25, 0.3) is 0 Å². The molecule has 5 aliphatic rings. The number of carbonyl (C=O) groups excluding carboxylic acids is 2. The first kappa shape index (κ1) is 20.0. The third kappa shape index (κ3) is 2.24. The maximum absolute atomic E-state index is 12.6. The van der Waals surface area contributed by atoms with Crippen molar-refractivity contribution in [1.82, 2.24) is 0 Å². The monoisotopic (exact) mass is 404 g/mol. The van der Waals surface area contributed by atoms with Crippen LogP contribution in [0.15, 0.2) is 0 Å². The number of fused-ring (bicyclic) bond motifs is 4. The molecule has 4 saturated carbocycles. The Morgan fingerprint density at radius 3 is 2.38 bits per heavy atom. The van der Waals surface area contributed by atoms with Crippen molar-refractivity contribution < 1.29 is 24.2 Å². The number of ether oxygens (including phenoxy) is 2. The van der Waals surface area contributed by atoms with E-state index in [1.165, 1.54) is 6.92 Å². The average molecular weight is 405 g/mol. The van der Waals surface area contributed by atoms with E-state index in [1.807, 2.05) is 0 Å². The Balaban J connectivity index is 1.46. The highest BCUT2D eigenvalue weighted by atomic mass is 16.6. The van der Waals surface area contributed by atoms with E-state index in [1.54, 1.807) is 6.92 Å². The molecule has 0 aromatic heterocycles. The van der Waals surface area contributed by atoms with E-state index in [0.29, 0.717) is 17.8 Å². The molecule has 1 saturated heterocycles. The minimum Gasteiger partial charge on any atom is -0.462 e. The number of hydrogen-bond donors (Lipinski definition) is 1. The minimum atomic E-state index is -1.20. The van der Waals surface area contributed by atoms with Gasteiger partial charge in [-0.3, -0.25) is 9.59 Å². The van der Waals surface area contributed by atoms with Gasteiger partial charge >= 0.3 is 5.97 Å². The lowest BCUT2D eigenvalue weighted by atomic mass is 9.44. The van der Waals surface area contributed by atoms with E-state index >= 15 is 0 Å². The molecule has 5 heteroatoms. The van der Waals surface area contributed by atoms with Crippen LogP contribution in [0.5, 0.6) is 0 Å². The van der Waals surface area contributed by atoms with Crippen molar-refractivity contribution >= 4 is 11.8 Å². The minimum absolute atomic E-state index is 0.00747. The first-order valence-corrected chi connectivity index (χ1v) is 11.6. The molecule has 5 fully saturated rings. The molecule has 0 unspecified atom stereocenters. The van der Waals surface area contributed by atoms with Gasteiger partial charge in [-0.2, -0.15) is 0 Å². The standard InChI is InChI=1S/C24H36O5/c1-13-10-19-17-11-20-23(29-20)12-16(28-15(3)26)6-8-21(23,4)18(17)7-9-22(19,5)24(13,27)14(2)25/h13,16-20,27H,6-12H2,1-5H3/t13-,16-,17-,18-,19-,20+,21-,22-,23+,24+/m1/s1. The van der Waals surface area contributed by atoms with E-state index in [-0.39, 0.29) is 46.3 Å². The fourth-order valence-electron chi connectivity index (χ4n) is 9.07. The first-order chi connectivity index (χ1) is 13.5. The molecule has 0 bridgehead atoms. The van der Waals surface area contributed by atoms with Crippen molar-refractivity contribution in [2.24, 2.45) is 34.5 Å².